The Labute approximate surface area is 120 Å². The summed E-state index contributed by atoms with van der Waals surface area (Å²) >= 11 is 15.0. The SMILES string of the molecule is CC(C)N(CCCl)C(=O)c1cc(Cl)ccc1Br. The van der Waals surface area contributed by atoms with Crippen molar-refractivity contribution in [2.75, 3.05) is 12.4 Å². The lowest BCUT2D eigenvalue weighted by atomic mass is 10.1. The van der Waals surface area contributed by atoms with Crippen LogP contribution in [0.2, 0.25) is 5.02 Å². The minimum Gasteiger partial charge on any atom is -0.335 e. The summed E-state index contributed by atoms with van der Waals surface area (Å²) in [5.41, 5.74) is 0.566. The summed E-state index contributed by atoms with van der Waals surface area (Å²) in [5.74, 6) is 0.359. The van der Waals surface area contributed by atoms with E-state index in [9.17, 15) is 4.79 Å². The molecule has 0 saturated heterocycles. The van der Waals surface area contributed by atoms with E-state index < -0.39 is 0 Å². The number of carbonyl (C=O) groups is 1. The van der Waals surface area contributed by atoms with Crippen molar-refractivity contribution in [1.29, 1.82) is 0 Å². The summed E-state index contributed by atoms with van der Waals surface area (Å²) in [5, 5.41) is 0.547. The number of alkyl halides is 1. The zero-order valence-corrected chi connectivity index (χ0v) is 12.8. The topological polar surface area (TPSA) is 20.3 Å². The molecular weight excluding hydrogens is 325 g/mol. The first-order valence-corrected chi connectivity index (χ1v) is 7.00. The number of amides is 1. The Bertz CT molecular complexity index is 409. The standard InChI is InChI=1S/C12H14BrCl2NO/c1-8(2)16(6-5-14)12(17)10-7-9(15)3-4-11(10)13/h3-4,7-8H,5-6H2,1-2H3. The Morgan fingerprint density at radius 3 is 2.65 bits per heavy atom. The largest absolute Gasteiger partial charge is 0.335 e. The number of nitrogens with zero attached hydrogens (tertiary/aromatic N) is 1. The summed E-state index contributed by atoms with van der Waals surface area (Å²) in [6.45, 7) is 4.45. The van der Waals surface area contributed by atoms with E-state index in [1.807, 2.05) is 13.8 Å². The number of hydrogen-bond donors (Lipinski definition) is 0. The molecule has 0 radical (unpaired) electrons. The molecule has 0 atom stereocenters. The van der Waals surface area contributed by atoms with Crippen molar-refractivity contribution in [3.05, 3.63) is 33.3 Å². The van der Waals surface area contributed by atoms with Gasteiger partial charge in [0.2, 0.25) is 0 Å². The maximum Gasteiger partial charge on any atom is 0.255 e. The molecule has 0 aliphatic rings. The van der Waals surface area contributed by atoms with E-state index in [4.69, 9.17) is 23.2 Å². The van der Waals surface area contributed by atoms with Gasteiger partial charge < -0.3 is 4.90 Å². The molecule has 0 saturated carbocycles. The first kappa shape index (κ1) is 14.8. The van der Waals surface area contributed by atoms with Gasteiger partial charge in [-0.15, -0.1) is 11.6 Å². The predicted molar refractivity (Wildman–Crippen MR) is 76.0 cm³/mol. The minimum atomic E-state index is -0.0602. The highest BCUT2D eigenvalue weighted by Crippen LogP contribution is 2.23. The second kappa shape index (κ2) is 6.62. The Hall–Kier alpha value is -0.250. The molecule has 0 heterocycles. The van der Waals surface area contributed by atoms with Crippen molar-refractivity contribution in [3.63, 3.8) is 0 Å². The van der Waals surface area contributed by atoms with E-state index in [1.165, 1.54) is 0 Å². The maximum absolute atomic E-state index is 12.3. The van der Waals surface area contributed by atoms with Crippen molar-refractivity contribution in [2.24, 2.45) is 0 Å². The summed E-state index contributed by atoms with van der Waals surface area (Å²) in [4.78, 5) is 14.1. The number of rotatable bonds is 4. The van der Waals surface area contributed by atoms with Crippen LogP contribution in [0, 0.1) is 0 Å². The average molecular weight is 339 g/mol. The van der Waals surface area contributed by atoms with Crippen LogP contribution in [0.25, 0.3) is 0 Å². The normalized spacial score (nSPS) is 10.7. The van der Waals surface area contributed by atoms with Crippen molar-refractivity contribution < 1.29 is 4.79 Å². The zero-order chi connectivity index (χ0) is 13.0. The molecule has 0 aliphatic heterocycles. The smallest absolute Gasteiger partial charge is 0.255 e. The molecular formula is C12H14BrCl2NO. The second-order valence-corrected chi connectivity index (χ2v) is 5.57. The van der Waals surface area contributed by atoms with Gasteiger partial charge in [0, 0.05) is 28.0 Å². The van der Waals surface area contributed by atoms with Gasteiger partial charge in [0.25, 0.3) is 5.91 Å². The highest BCUT2D eigenvalue weighted by molar-refractivity contribution is 9.10. The molecule has 1 rings (SSSR count). The molecule has 1 aromatic rings. The zero-order valence-electron chi connectivity index (χ0n) is 9.71. The van der Waals surface area contributed by atoms with Crippen LogP contribution in [0.3, 0.4) is 0 Å². The number of carbonyl (C=O) groups excluding carboxylic acids is 1. The summed E-state index contributed by atoms with van der Waals surface area (Å²) in [7, 11) is 0. The third-order valence-electron chi connectivity index (χ3n) is 2.37. The predicted octanol–water partition coefficient (Wildman–Crippen LogP) is 4.19. The van der Waals surface area contributed by atoms with E-state index in [0.717, 1.165) is 4.47 Å². The molecule has 17 heavy (non-hydrogen) atoms. The first-order valence-electron chi connectivity index (χ1n) is 5.29. The molecule has 2 nitrogen and oxygen atoms in total. The van der Waals surface area contributed by atoms with E-state index in [1.54, 1.807) is 23.1 Å². The fraction of sp³-hybridized carbons (Fsp3) is 0.417. The molecule has 0 fully saturated rings. The lowest BCUT2D eigenvalue weighted by Gasteiger charge is -2.26. The number of hydrogen-bond acceptors (Lipinski definition) is 1. The molecule has 1 aromatic carbocycles. The van der Waals surface area contributed by atoms with Crippen molar-refractivity contribution in [3.8, 4) is 0 Å². The highest BCUT2D eigenvalue weighted by atomic mass is 79.9. The van der Waals surface area contributed by atoms with Crippen LogP contribution in [0.15, 0.2) is 22.7 Å². The molecule has 94 valence electrons. The van der Waals surface area contributed by atoms with E-state index in [0.29, 0.717) is 23.0 Å². The van der Waals surface area contributed by atoms with E-state index in [2.05, 4.69) is 15.9 Å². The molecule has 1 amide bonds. The molecule has 0 aliphatic carbocycles. The lowest BCUT2D eigenvalue weighted by Crippen LogP contribution is -2.38. The van der Waals surface area contributed by atoms with E-state index >= 15 is 0 Å². The monoisotopic (exact) mass is 337 g/mol. The third-order valence-corrected chi connectivity index (χ3v) is 3.46. The summed E-state index contributed by atoms with van der Waals surface area (Å²) < 4.78 is 0.743. The van der Waals surface area contributed by atoms with Crippen LogP contribution in [0.1, 0.15) is 24.2 Å². The molecule has 0 unspecified atom stereocenters. The summed E-state index contributed by atoms with van der Waals surface area (Å²) in [6, 6.07) is 5.28. The van der Waals surface area contributed by atoms with Gasteiger partial charge in [-0.05, 0) is 48.0 Å². The van der Waals surface area contributed by atoms with Crippen molar-refractivity contribution >= 4 is 45.0 Å². The van der Waals surface area contributed by atoms with Crippen LogP contribution in [0.4, 0.5) is 0 Å². The van der Waals surface area contributed by atoms with Crippen molar-refractivity contribution in [1.82, 2.24) is 4.90 Å². The molecule has 0 spiro atoms. The Kier molecular flexibility index (Phi) is 5.77. The van der Waals surface area contributed by atoms with Crippen LogP contribution in [-0.2, 0) is 0 Å². The minimum absolute atomic E-state index is 0.0602. The van der Waals surface area contributed by atoms with Gasteiger partial charge in [-0.2, -0.15) is 0 Å². The van der Waals surface area contributed by atoms with Crippen molar-refractivity contribution in [2.45, 2.75) is 19.9 Å². The van der Waals surface area contributed by atoms with Crippen LogP contribution in [0.5, 0.6) is 0 Å². The average Bonchev–Trinajstić information content (AvgIpc) is 2.28. The van der Waals surface area contributed by atoms with Gasteiger partial charge in [0.1, 0.15) is 0 Å². The van der Waals surface area contributed by atoms with Gasteiger partial charge in [0.15, 0.2) is 0 Å². The fourth-order valence-corrected chi connectivity index (χ4v) is 2.27. The first-order chi connectivity index (χ1) is 7.97. The molecule has 0 aromatic heterocycles. The quantitative estimate of drug-likeness (QED) is 0.754. The molecule has 0 bridgehead atoms. The Morgan fingerprint density at radius 1 is 1.47 bits per heavy atom. The van der Waals surface area contributed by atoms with Gasteiger partial charge in [0.05, 0.1) is 5.56 Å². The molecule has 0 N–H and O–H groups in total. The lowest BCUT2D eigenvalue weighted by molar-refractivity contribution is 0.0717. The van der Waals surface area contributed by atoms with Crippen LogP contribution in [-0.4, -0.2) is 29.3 Å². The van der Waals surface area contributed by atoms with Gasteiger partial charge in [-0.25, -0.2) is 0 Å². The van der Waals surface area contributed by atoms with E-state index in [-0.39, 0.29) is 11.9 Å². The second-order valence-electron chi connectivity index (χ2n) is 3.91. The van der Waals surface area contributed by atoms with Gasteiger partial charge >= 0.3 is 0 Å². The van der Waals surface area contributed by atoms with Gasteiger partial charge in [-0.3, -0.25) is 4.79 Å². The Balaban J connectivity index is 3.04. The van der Waals surface area contributed by atoms with Crippen LogP contribution >= 0.6 is 39.1 Å². The highest BCUT2D eigenvalue weighted by Gasteiger charge is 2.20. The Morgan fingerprint density at radius 2 is 2.12 bits per heavy atom. The molecule has 5 heteroatoms. The number of halogens is 3. The summed E-state index contributed by atoms with van der Waals surface area (Å²) in [6.07, 6.45) is 0. The fourth-order valence-electron chi connectivity index (χ4n) is 1.50. The maximum atomic E-state index is 12.3. The third kappa shape index (κ3) is 3.87. The van der Waals surface area contributed by atoms with Crippen LogP contribution < -0.4 is 0 Å². The number of benzene rings is 1. The van der Waals surface area contributed by atoms with Gasteiger partial charge in [-0.1, -0.05) is 11.6 Å².